The Morgan fingerprint density at radius 3 is 3.33 bits per heavy atom. The maximum atomic E-state index is 11.4. The van der Waals surface area contributed by atoms with Gasteiger partial charge in [-0.1, -0.05) is 0 Å². The van der Waals surface area contributed by atoms with E-state index in [0.29, 0.717) is 12.1 Å². The number of ether oxygens (including phenoxy) is 1. The monoisotopic (exact) mass is 206 g/mol. The highest BCUT2D eigenvalue weighted by Gasteiger charge is 2.23. The second-order valence-electron chi connectivity index (χ2n) is 3.59. The second-order valence-corrected chi connectivity index (χ2v) is 3.59. The van der Waals surface area contributed by atoms with Crippen molar-refractivity contribution in [2.45, 2.75) is 12.3 Å². The molecule has 6 heteroatoms. The predicted molar refractivity (Wildman–Crippen MR) is 51.8 cm³/mol. The van der Waals surface area contributed by atoms with E-state index in [1.54, 1.807) is 10.7 Å². The third-order valence-electron chi connectivity index (χ3n) is 2.66. The Morgan fingerprint density at radius 2 is 2.53 bits per heavy atom. The van der Waals surface area contributed by atoms with E-state index in [2.05, 4.69) is 15.1 Å². The van der Waals surface area contributed by atoms with Gasteiger partial charge < -0.3 is 9.72 Å². The van der Waals surface area contributed by atoms with E-state index in [9.17, 15) is 4.79 Å². The van der Waals surface area contributed by atoms with Gasteiger partial charge in [0.05, 0.1) is 12.8 Å². The summed E-state index contributed by atoms with van der Waals surface area (Å²) in [7, 11) is 0. The van der Waals surface area contributed by atoms with Gasteiger partial charge in [-0.2, -0.15) is 5.10 Å². The molecule has 0 aliphatic carbocycles. The summed E-state index contributed by atoms with van der Waals surface area (Å²) >= 11 is 0. The molecular weight excluding hydrogens is 196 g/mol. The van der Waals surface area contributed by atoms with Crippen molar-refractivity contribution in [3.63, 3.8) is 0 Å². The molecule has 3 heterocycles. The highest BCUT2D eigenvalue weighted by Crippen LogP contribution is 2.23. The average Bonchev–Trinajstić information content (AvgIpc) is 2.85. The number of aromatic amines is 1. The summed E-state index contributed by atoms with van der Waals surface area (Å²) in [5.74, 6) is 1.07. The largest absolute Gasteiger partial charge is 0.381 e. The van der Waals surface area contributed by atoms with Gasteiger partial charge >= 0.3 is 0 Å². The highest BCUT2D eigenvalue weighted by atomic mass is 16.5. The molecule has 3 rings (SSSR count). The lowest BCUT2D eigenvalue weighted by atomic mass is 10.1. The van der Waals surface area contributed by atoms with Crippen molar-refractivity contribution in [2.24, 2.45) is 0 Å². The Bertz CT molecular complexity index is 538. The molecular formula is C9H10N4O2. The van der Waals surface area contributed by atoms with Gasteiger partial charge in [-0.25, -0.2) is 9.50 Å². The summed E-state index contributed by atoms with van der Waals surface area (Å²) in [4.78, 5) is 18.2. The van der Waals surface area contributed by atoms with E-state index in [-0.39, 0.29) is 11.5 Å². The van der Waals surface area contributed by atoms with Gasteiger partial charge in [-0.15, -0.1) is 0 Å². The fourth-order valence-corrected chi connectivity index (χ4v) is 1.87. The molecule has 2 aromatic heterocycles. The van der Waals surface area contributed by atoms with Crippen molar-refractivity contribution in [3.8, 4) is 0 Å². The lowest BCUT2D eigenvalue weighted by molar-refractivity contribution is 0.193. The molecule has 1 fully saturated rings. The van der Waals surface area contributed by atoms with E-state index in [1.165, 1.54) is 6.33 Å². The molecule has 1 saturated heterocycles. The van der Waals surface area contributed by atoms with E-state index in [1.807, 2.05) is 0 Å². The van der Waals surface area contributed by atoms with Crippen molar-refractivity contribution in [1.82, 2.24) is 19.6 Å². The molecule has 1 atom stereocenters. The quantitative estimate of drug-likeness (QED) is 0.708. The minimum absolute atomic E-state index is 0.164. The topological polar surface area (TPSA) is 72.3 Å². The van der Waals surface area contributed by atoms with E-state index < -0.39 is 0 Å². The van der Waals surface area contributed by atoms with Crippen LogP contribution in [-0.2, 0) is 4.74 Å². The van der Waals surface area contributed by atoms with E-state index >= 15 is 0 Å². The van der Waals surface area contributed by atoms with Crippen LogP contribution in [0, 0.1) is 0 Å². The highest BCUT2D eigenvalue weighted by molar-refractivity contribution is 5.42. The van der Waals surface area contributed by atoms with Crippen LogP contribution in [0.4, 0.5) is 0 Å². The van der Waals surface area contributed by atoms with Crippen LogP contribution in [0.15, 0.2) is 17.3 Å². The summed E-state index contributed by atoms with van der Waals surface area (Å²) in [5.41, 5.74) is 0.321. The molecule has 78 valence electrons. The van der Waals surface area contributed by atoms with Crippen LogP contribution in [0.25, 0.3) is 5.52 Å². The predicted octanol–water partition coefficient (Wildman–Crippen LogP) is -0.0785. The van der Waals surface area contributed by atoms with Crippen molar-refractivity contribution < 1.29 is 4.74 Å². The van der Waals surface area contributed by atoms with E-state index in [4.69, 9.17) is 4.74 Å². The number of nitrogens with one attached hydrogen (secondary N) is 1. The number of imidazole rings is 1. The minimum atomic E-state index is -0.164. The summed E-state index contributed by atoms with van der Waals surface area (Å²) in [6.45, 7) is 1.41. The number of hydrogen-bond donors (Lipinski definition) is 1. The summed E-state index contributed by atoms with van der Waals surface area (Å²) in [6, 6.07) is 0. The van der Waals surface area contributed by atoms with Crippen LogP contribution in [-0.4, -0.2) is 32.8 Å². The van der Waals surface area contributed by atoms with Crippen molar-refractivity contribution in [2.75, 3.05) is 13.2 Å². The van der Waals surface area contributed by atoms with Crippen LogP contribution >= 0.6 is 0 Å². The normalized spacial score (nSPS) is 21.2. The molecule has 1 aliphatic rings. The standard InChI is InChI=1S/C9H10N4O2/c14-9-7-3-10-8(6-1-2-15-4-6)13(7)12-5-11-9/h3,5-6H,1-2,4H2,(H,11,12,14). The van der Waals surface area contributed by atoms with E-state index in [0.717, 1.165) is 18.9 Å². The molecule has 2 aromatic rings. The van der Waals surface area contributed by atoms with Gasteiger partial charge in [0.2, 0.25) is 0 Å². The first kappa shape index (κ1) is 8.60. The fourth-order valence-electron chi connectivity index (χ4n) is 1.87. The van der Waals surface area contributed by atoms with Crippen LogP contribution in [0.5, 0.6) is 0 Å². The van der Waals surface area contributed by atoms with Crippen LogP contribution in [0.2, 0.25) is 0 Å². The third-order valence-corrected chi connectivity index (χ3v) is 2.66. The number of aromatic nitrogens is 4. The van der Waals surface area contributed by atoms with Crippen LogP contribution in [0.1, 0.15) is 18.2 Å². The second kappa shape index (κ2) is 3.16. The Hall–Kier alpha value is -1.69. The van der Waals surface area contributed by atoms with Gasteiger partial charge in [0, 0.05) is 12.5 Å². The fraction of sp³-hybridized carbons (Fsp3) is 0.444. The molecule has 0 spiro atoms. The minimum Gasteiger partial charge on any atom is -0.381 e. The molecule has 0 radical (unpaired) electrons. The van der Waals surface area contributed by atoms with Crippen molar-refractivity contribution >= 4 is 5.52 Å². The molecule has 0 amide bonds. The zero-order valence-electron chi connectivity index (χ0n) is 8.01. The maximum absolute atomic E-state index is 11.4. The van der Waals surface area contributed by atoms with Gasteiger partial charge in [-0.3, -0.25) is 4.79 Å². The molecule has 0 bridgehead atoms. The zero-order chi connectivity index (χ0) is 10.3. The van der Waals surface area contributed by atoms with Gasteiger partial charge in [-0.05, 0) is 6.42 Å². The molecule has 1 aliphatic heterocycles. The average molecular weight is 206 g/mol. The third kappa shape index (κ3) is 1.25. The molecule has 0 saturated carbocycles. The summed E-state index contributed by atoms with van der Waals surface area (Å²) < 4.78 is 6.89. The van der Waals surface area contributed by atoms with Gasteiger partial charge in [0.1, 0.15) is 12.2 Å². The molecule has 15 heavy (non-hydrogen) atoms. The number of hydrogen-bond acceptors (Lipinski definition) is 4. The smallest absolute Gasteiger partial charge is 0.276 e. The summed E-state index contributed by atoms with van der Waals surface area (Å²) in [5, 5.41) is 4.09. The Morgan fingerprint density at radius 1 is 1.60 bits per heavy atom. The zero-order valence-corrected chi connectivity index (χ0v) is 8.01. The summed E-state index contributed by atoms with van der Waals surface area (Å²) in [6.07, 6.45) is 3.88. The Balaban J connectivity index is 2.19. The van der Waals surface area contributed by atoms with Crippen LogP contribution in [0.3, 0.4) is 0 Å². The van der Waals surface area contributed by atoms with Gasteiger partial charge in [0.15, 0.2) is 5.52 Å². The maximum Gasteiger partial charge on any atom is 0.276 e. The van der Waals surface area contributed by atoms with Crippen LogP contribution < -0.4 is 5.56 Å². The first-order valence-corrected chi connectivity index (χ1v) is 4.85. The number of H-pyrrole nitrogens is 1. The molecule has 0 aromatic carbocycles. The first-order chi connectivity index (χ1) is 7.36. The number of rotatable bonds is 1. The van der Waals surface area contributed by atoms with Gasteiger partial charge in [0.25, 0.3) is 5.56 Å². The first-order valence-electron chi connectivity index (χ1n) is 4.85. The Labute approximate surface area is 84.9 Å². The Kier molecular flexibility index (Phi) is 1.81. The molecule has 1 N–H and O–H groups in total. The lowest BCUT2D eigenvalue weighted by Crippen LogP contribution is -2.13. The molecule has 6 nitrogen and oxygen atoms in total. The number of fused-ring (bicyclic) bond motifs is 1. The van der Waals surface area contributed by atoms with Crippen molar-refractivity contribution in [1.29, 1.82) is 0 Å². The molecule has 1 unspecified atom stereocenters. The SMILES string of the molecule is O=c1[nH]cnn2c(C3CCOC3)ncc12. The van der Waals surface area contributed by atoms with Crippen molar-refractivity contribution in [3.05, 3.63) is 28.7 Å². The lowest BCUT2D eigenvalue weighted by Gasteiger charge is -2.04. The number of nitrogens with zero attached hydrogens (tertiary/aromatic N) is 3.